The molecule has 0 aliphatic heterocycles. The van der Waals surface area contributed by atoms with Gasteiger partial charge >= 0.3 is 6.03 Å². The Hall–Kier alpha value is -2.77. The number of aromatic nitrogens is 2. The van der Waals surface area contributed by atoms with Crippen molar-refractivity contribution < 1.29 is 18.3 Å². The molecular weight excluding hydrogens is 318 g/mol. The number of hydrogen-bond acceptors (Lipinski definition) is 4. The highest BCUT2D eigenvalue weighted by molar-refractivity contribution is 5.88. The van der Waals surface area contributed by atoms with Gasteiger partial charge in [0.25, 0.3) is 6.43 Å². The van der Waals surface area contributed by atoms with Crippen molar-refractivity contribution >= 4 is 11.8 Å². The first kappa shape index (κ1) is 17.6. The third-order valence-corrected chi connectivity index (χ3v) is 3.38. The zero-order valence-electron chi connectivity index (χ0n) is 13.3. The second-order valence-corrected chi connectivity index (χ2v) is 5.07. The second-order valence-electron chi connectivity index (χ2n) is 5.07. The SMILES string of the molecule is CC(c1cccnc1)N(C)C(=O)Nc1cccc(OCC(F)F)n1. The third-order valence-electron chi connectivity index (χ3n) is 3.38. The average molecular weight is 336 g/mol. The minimum atomic E-state index is -2.59. The van der Waals surface area contributed by atoms with Crippen LogP contribution in [0.5, 0.6) is 5.88 Å². The van der Waals surface area contributed by atoms with Crippen LogP contribution in [0, 0.1) is 0 Å². The summed E-state index contributed by atoms with van der Waals surface area (Å²) in [6.45, 7) is 1.12. The molecule has 128 valence electrons. The highest BCUT2D eigenvalue weighted by atomic mass is 19.3. The summed E-state index contributed by atoms with van der Waals surface area (Å²) >= 11 is 0. The number of nitrogens with one attached hydrogen (secondary N) is 1. The Balaban J connectivity index is 1.99. The van der Waals surface area contributed by atoms with E-state index in [4.69, 9.17) is 4.74 Å². The fraction of sp³-hybridized carbons (Fsp3) is 0.312. The standard InChI is InChI=1S/C16H18F2N4O2/c1-11(12-5-4-8-19-9-12)22(2)16(23)21-14-6-3-7-15(20-14)24-10-13(17)18/h3-9,11,13H,10H2,1-2H3,(H,20,21,23). The van der Waals surface area contributed by atoms with Crippen LogP contribution in [-0.4, -0.2) is 41.0 Å². The molecule has 0 aliphatic carbocycles. The molecule has 0 bridgehead atoms. The maximum Gasteiger partial charge on any atom is 0.323 e. The minimum absolute atomic E-state index is 0.0241. The highest BCUT2D eigenvalue weighted by Gasteiger charge is 2.18. The summed E-state index contributed by atoms with van der Waals surface area (Å²) in [5.74, 6) is 0.244. The highest BCUT2D eigenvalue weighted by Crippen LogP contribution is 2.19. The number of halogens is 2. The first-order valence-corrected chi connectivity index (χ1v) is 7.29. The van der Waals surface area contributed by atoms with Crippen LogP contribution in [0.2, 0.25) is 0 Å². The van der Waals surface area contributed by atoms with Crippen LogP contribution in [0.4, 0.5) is 19.4 Å². The number of carbonyl (C=O) groups is 1. The molecule has 2 aromatic rings. The van der Waals surface area contributed by atoms with Gasteiger partial charge in [0.1, 0.15) is 5.82 Å². The molecule has 24 heavy (non-hydrogen) atoms. The molecule has 2 amide bonds. The van der Waals surface area contributed by atoms with Gasteiger partial charge in [-0.2, -0.15) is 4.98 Å². The molecule has 6 nitrogen and oxygen atoms in total. The van der Waals surface area contributed by atoms with E-state index in [1.807, 2.05) is 13.0 Å². The monoisotopic (exact) mass is 336 g/mol. The molecule has 1 atom stereocenters. The number of alkyl halides is 2. The maximum atomic E-state index is 12.3. The van der Waals surface area contributed by atoms with E-state index in [0.29, 0.717) is 0 Å². The molecular formula is C16H18F2N4O2. The van der Waals surface area contributed by atoms with Crippen LogP contribution in [0.3, 0.4) is 0 Å². The van der Waals surface area contributed by atoms with Gasteiger partial charge in [-0.05, 0) is 24.6 Å². The summed E-state index contributed by atoms with van der Waals surface area (Å²) < 4.78 is 29.1. The smallest absolute Gasteiger partial charge is 0.323 e. The molecule has 1 unspecified atom stereocenters. The summed E-state index contributed by atoms with van der Waals surface area (Å²) in [6, 6.07) is 7.65. The number of pyridine rings is 2. The van der Waals surface area contributed by atoms with Gasteiger partial charge in [0, 0.05) is 25.5 Å². The van der Waals surface area contributed by atoms with Crippen LogP contribution in [0.15, 0.2) is 42.7 Å². The van der Waals surface area contributed by atoms with Gasteiger partial charge in [0.15, 0.2) is 6.61 Å². The number of rotatable bonds is 6. The summed E-state index contributed by atoms with van der Waals surface area (Å²) in [4.78, 5) is 21.8. The molecule has 0 aliphatic rings. The predicted molar refractivity (Wildman–Crippen MR) is 85.2 cm³/mol. The third kappa shape index (κ3) is 4.87. The molecule has 2 rings (SSSR count). The quantitative estimate of drug-likeness (QED) is 0.878. The molecule has 0 saturated carbocycles. The molecule has 2 aromatic heterocycles. The summed E-state index contributed by atoms with van der Waals surface area (Å²) in [7, 11) is 1.64. The van der Waals surface area contributed by atoms with Gasteiger partial charge in [-0.1, -0.05) is 12.1 Å². The maximum absolute atomic E-state index is 12.3. The number of carbonyl (C=O) groups excluding carboxylic acids is 1. The molecule has 1 N–H and O–H groups in total. The Labute approximate surface area is 138 Å². The van der Waals surface area contributed by atoms with Gasteiger partial charge < -0.3 is 9.64 Å². The number of urea groups is 1. The molecule has 0 radical (unpaired) electrons. The van der Waals surface area contributed by atoms with E-state index in [1.54, 1.807) is 37.6 Å². The van der Waals surface area contributed by atoms with Crippen molar-refractivity contribution in [3.63, 3.8) is 0 Å². The lowest BCUT2D eigenvalue weighted by molar-refractivity contribution is 0.0796. The number of anilines is 1. The molecule has 0 spiro atoms. The van der Waals surface area contributed by atoms with Crippen molar-refractivity contribution in [2.45, 2.75) is 19.4 Å². The van der Waals surface area contributed by atoms with Gasteiger partial charge in [0.2, 0.25) is 5.88 Å². The summed E-state index contributed by atoms with van der Waals surface area (Å²) in [5, 5.41) is 2.61. The minimum Gasteiger partial charge on any atom is -0.472 e. The lowest BCUT2D eigenvalue weighted by Gasteiger charge is -2.25. The van der Waals surface area contributed by atoms with Crippen LogP contribution < -0.4 is 10.1 Å². The summed E-state index contributed by atoms with van der Waals surface area (Å²) in [6.07, 6.45) is 0.757. The molecule has 0 fully saturated rings. The van der Waals surface area contributed by atoms with Crippen molar-refractivity contribution in [1.82, 2.24) is 14.9 Å². The fourth-order valence-corrected chi connectivity index (χ4v) is 1.93. The number of amides is 2. The Morgan fingerprint density at radius 2 is 2.12 bits per heavy atom. The predicted octanol–water partition coefficient (Wildman–Crippen LogP) is 3.35. The Kier molecular flexibility index (Phi) is 6.00. The van der Waals surface area contributed by atoms with E-state index in [0.717, 1.165) is 5.56 Å². The average Bonchev–Trinajstić information content (AvgIpc) is 2.59. The van der Waals surface area contributed by atoms with Crippen LogP contribution in [-0.2, 0) is 0 Å². The topological polar surface area (TPSA) is 67.4 Å². The van der Waals surface area contributed by atoms with Crippen LogP contribution in [0.1, 0.15) is 18.5 Å². The van der Waals surface area contributed by atoms with E-state index < -0.39 is 13.0 Å². The molecule has 2 heterocycles. The number of ether oxygens (including phenoxy) is 1. The van der Waals surface area contributed by atoms with Crippen molar-refractivity contribution in [2.75, 3.05) is 19.0 Å². The van der Waals surface area contributed by atoms with E-state index in [9.17, 15) is 13.6 Å². The van der Waals surface area contributed by atoms with Gasteiger partial charge in [0.05, 0.1) is 6.04 Å². The normalized spacial score (nSPS) is 11.9. The van der Waals surface area contributed by atoms with Crippen LogP contribution in [0.25, 0.3) is 0 Å². The van der Waals surface area contributed by atoms with Crippen molar-refractivity contribution in [1.29, 1.82) is 0 Å². The van der Waals surface area contributed by atoms with E-state index in [2.05, 4.69) is 15.3 Å². The van der Waals surface area contributed by atoms with Crippen molar-refractivity contribution in [2.24, 2.45) is 0 Å². The fourth-order valence-electron chi connectivity index (χ4n) is 1.93. The summed E-state index contributed by atoms with van der Waals surface area (Å²) in [5.41, 5.74) is 0.886. The zero-order valence-corrected chi connectivity index (χ0v) is 13.3. The Bertz CT molecular complexity index is 670. The van der Waals surface area contributed by atoms with Gasteiger partial charge in [-0.15, -0.1) is 0 Å². The van der Waals surface area contributed by atoms with E-state index >= 15 is 0 Å². The second kappa shape index (κ2) is 8.19. The largest absolute Gasteiger partial charge is 0.472 e. The number of hydrogen-bond donors (Lipinski definition) is 1. The molecule has 0 saturated heterocycles. The van der Waals surface area contributed by atoms with Gasteiger partial charge in [-0.3, -0.25) is 10.3 Å². The first-order chi connectivity index (χ1) is 11.5. The van der Waals surface area contributed by atoms with Gasteiger partial charge in [-0.25, -0.2) is 13.6 Å². The lowest BCUT2D eigenvalue weighted by Crippen LogP contribution is -2.33. The molecule has 8 heteroatoms. The van der Waals surface area contributed by atoms with Crippen molar-refractivity contribution in [3.05, 3.63) is 48.3 Å². The Morgan fingerprint density at radius 3 is 2.79 bits per heavy atom. The van der Waals surface area contributed by atoms with Crippen molar-refractivity contribution in [3.8, 4) is 5.88 Å². The lowest BCUT2D eigenvalue weighted by atomic mass is 10.1. The van der Waals surface area contributed by atoms with E-state index in [-0.39, 0.29) is 23.8 Å². The zero-order chi connectivity index (χ0) is 17.5. The Morgan fingerprint density at radius 1 is 1.33 bits per heavy atom. The van der Waals surface area contributed by atoms with E-state index in [1.165, 1.54) is 11.0 Å². The molecule has 0 aromatic carbocycles. The number of nitrogens with zero attached hydrogens (tertiary/aromatic N) is 3. The first-order valence-electron chi connectivity index (χ1n) is 7.29. The van der Waals surface area contributed by atoms with Crippen LogP contribution >= 0.6 is 0 Å².